The van der Waals surface area contributed by atoms with Gasteiger partial charge in [-0.2, -0.15) is 5.10 Å². The summed E-state index contributed by atoms with van der Waals surface area (Å²) in [6.07, 6.45) is 4.84. The number of furan rings is 1. The van der Waals surface area contributed by atoms with Crippen LogP contribution in [0.3, 0.4) is 0 Å². The van der Waals surface area contributed by atoms with E-state index < -0.39 is 4.92 Å². The third-order valence-corrected chi connectivity index (χ3v) is 5.33. The molecule has 0 aliphatic carbocycles. The number of carbonyl (C=O) groups excluding carboxylic acids is 1. The molecule has 0 atom stereocenters. The third kappa shape index (κ3) is 4.96. The zero-order chi connectivity index (χ0) is 21.6. The van der Waals surface area contributed by atoms with E-state index in [2.05, 4.69) is 10.2 Å². The molecule has 3 aromatic rings. The zero-order valence-electron chi connectivity index (χ0n) is 16.1. The van der Waals surface area contributed by atoms with Crippen molar-refractivity contribution < 1.29 is 14.1 Å². The molecule has 1 saturated heterocycles. The molecule has 0 radical (unpaired) electrons. The molecule has 1 aliphatic rings. The largest absolute Gasteiger partial charge is 0.467 e. The number of rotatable bonds is 6. The average molecular weight is 432 g/mol. The van der Waals surface area contributed by atoms with Crippen molar-refractivity contribution in [3.05, 3.63) is 105 Å². The van der Waals surface area contributed by atoms with Gasteiger partial charge in [0.1, 0.15) is 5.76 Å². The minimum Gasteiger partial charge on any atom is -0.467 e. The molecule has 0 saturated carbocycles. The first-order chi connectivity index (χ1) is 15.1. The van der Waals surface area contributed by atoms with Crippen molar-refractivity contribution in [1.29, 1.82) is 0 Å². The molecule has 9 heteroatoms. The fourth-order valence-electron chi connectivity index (χ4n) is 2.81. The molecule has 0 spiro atoms. The predicted molar refractivity (Wildman–Crippen MR) is 119 cm³/mol. The number of nitro groups is 1. The van der Waals surface area contributed by atoms with Crippen LogP contribution in [0.25, 0.3) is 6.08 Å². The molecule has 1 aliphatic heterocycles. The molecule has 8 nitrogen and oxygen atoms in total. The summed E-state index contributed by atoms with van der Waals surface area (Å²) in [4.78, 5) is 25.3. The number of benzene rings is 2. The van der Waals surface area contributed by atoms with Crippen molar-refractivity contribution in [3.8, 4) is 0 Å². The summed E-state index contributed by atoms with van der Waals surface area (Å²) < 4.78 is 5.38. The molecule has 4 rings (SSSR count). The van der Waals surface area contributed by atoms with E-state index in [9.17, 15) is 14.9 Å². The Labute approximate surface area is 181 Å². The summed E-state index contributed by atoms with van der Waals surface area (Å²) in [5, 5.41) is 19.5. The Morgan fingerprint density at radius 1 is 1.03 bits per heavy atom. The zero-order valence-corrected chi connectivity index (χ0v) is 16.9. The maximum atomic E-state index is 13.0. The van der Waals surface area contributed by atoms with Gasteiger partial charge in [-0.05, 0) is 53.2 Å². The minimum absolute atomic E-state index is 0.000669. The molecule has 0 N–H and O–H groups in total. The number of carbonyl (C=O) groups is 1. The Morgan fingerprint density at radius 2 is 1.81 bits per heavy atom. The molecular formula is C22H16N4O4S. The van der Waals surface area contributed by atoms with Crippen molar-refractivity contribution in [2.24, 2.45) is 10.2 Å². The fourth-order valence-corrected chi connectivity index (χ4v) is 3.74. The van der Waals surface area contributed by atoms with Gasteiger partial charge >= 0.3 is 0 Å². The Bertz CT molecular complexity index is 1170. The van der Waals surface area contributed by atoms with Crippen LogP contribution in [-0.4, -0.2) is 27.1 Å². The number of nitro benzene ring substituents is 1. The van der Waals surface area contributed by atoms with Crippen LogP contribution in [0.5, 0.6) is 0 Å². The van der Waals surface area contributed by atoms with E-state index in [4.69, 9.17) is 4.42 Å². The summed E-state index contributed by atoms with van der Waals surface area (Å²) in [6, 6.07) is 19.0. The highest BCUT2D eigenvalue weighted by Gasteiger charge is 2.34. The third-order valence-electron chi connectivity index (χ3n) is 4.33. The predicted octanol–water partition coefficient (Wildman–Crippen LogP) is 4.69. The molecule has 2 aromatic carbocycles. The Hall–Kier alpha value is -3.98. The maximum Gasteiger partial charge on any atom is 0.269 e. The molecular weight excluding hydrogens is 416 g/mol. The number of hydrogen-bond donors (Lipinski definition) is 0. The van der Waals surface area contributed by atoms with Gasteiger partial charge in [0.25, 0.3) is 11.6 Å². The number of hydrogen-bond acceptors (Lipinski definition) is 7. The lowest BCUT2D eigenvalue weighted by Gasteiger charge is -2.12. The van der Waals surface area contributed by atoms with E-state index >= 15 is 0 Å². The van der Waals surface area contributed by atoms with E-state index in [0.717, 1.165) is 5.56 Å². The Balaban J connectivity index is 1.58. The maximum absolute atomic E-state index is 13.0. The average Bonchev–Trinajstić information content (AvgIpc) is 3.39. The molecule has 1 amide bonds. The Kier molecular flexibility index (Phi) is 6.04. The van der Waals surface area contributed by atoms with Crippen LogP contribution >= 0.6 is 11.8 Å². The van der Waals surface area contributed by atoms with Crippen molar-refractivity contribution in [1.82, 2.24) is 4.90 Å². The van der Waals surface area contributed by atoms with E-state index in [0.29, 0.717) is 21.4 Å². The molecule has 0 unspecified atom stereocenters. The van der Waals surface area contributed by atoms with E-state index in [-0.39, 0.29) is 18.1 Å². The van der Waals surface area contributed by atoms with Crippen molar-refractivity contribution in [2.75, 3.05) is 0 Å². The monoisotopic (exact) mass is 432 g/mol. The van der Waals surface area contributed by atoms with E-state index in [1.54, 1.807) is 30.5 Å². The van der Waals surface area contributed by atoms with Crippen LogP contribution < -0.4 is 0 Å². The highest BCUT2D eigenvalue weighted by molar-refractivity contribution is 8.18. The van der Waals surface area contributed by atoms with Crippen LogP contribution in [-0.2, 0) is 11.3 Å². The van der Waals surface area contributed by atoms with Gasteiger partial charge in [0.2, 0.25) is 0 Å². The minimum atomic E-state index is -0.463. The summed E-state index contributed by atoms with van der Waals surface area (Å²) in [5.41, 5.74) is 1.56. The fraction of sp³-hybridized carbons (Fsp3) is 0.0455. The first kappa shape index (κ1) is 20.3. The SMILES string of the molecule is O=C1/C(=C/c2ccccc2)S/C(=N/N=C\c2ccc([N+](=O)[O-])cc2)N1Cc1ccco1. The second-order valence-corrected chi connectivity index (χ2v) is 7.48. The van der Waals surface area contributed by atoms with Gasteiger partial charge in [-0.15, -0.1) is 5.10 Å². The quantitative estimate of drug-likeness (QED) is 0.243. The van der Waals surface area contributed by atoms with Gasteiger partial charge in [0, 0.05) is 12.1 Å². The van der Waals surface area contributed by atoms with Crippen LogP contribution in [0.4, 0.5) is 5.69 Å². The highest BCUT2D eigenvalue weighted by Crippen LogP contribution is 2.33. The lowest BCUT2D eigenvalue weighted by Crippen LogP contribution is -2.28. The number of non-ortho nitro benzene ring substituents is 1. The van der Waals surface area contributed by atoms with Crippen LogP contribution in [0.1, 0.15) is 16.9 Å². The van der Waals surface area contributed by atoms with Gasteiger partial charge in [0.15, 0.2) is 5.17 Å². The summed E-state index contributed by atoms with van der Waals surface area (Å²) in [7, 11) is 0. The van der Waals surface area contributed by atoms with Crippen molar-refractivity contribution >= 4 is 40.8 Å². The van der Waals surface area contributed by atoms with Gasteiger partial charge < -0.3 is 4.42 Å². The molecule has 1 fully saturated rings. The second kappa shape index (κ2) is 9.23. The number of amides is 1. The topological polar surface area (TPSA) is 101 Å². The van der Waals surface area contributed by atoms with Crippen LogP contribution in [0.15, 0.2) is 92.5 Å². The van der Waals surface area contributed by atoms with Crippen LogP contribution in [0.2, 0.25) is 0 Å². The molecule has 31 heavy (non-hydrogen) atoms. The van der Waals surface area contributed by atoms with Gasteiger partial charge in [-0.1, -0.05) is 30.3 Å². The summed E-state index contributed by atoms with van der Waals surface area (Å²) >= 11 is 1.23. The van der Waals surface area contributed by atoms with E-state index in [1.807, 2.05) is 36.4 Å². The standard InChI is InChI=1S/C22H16N4O4S/c27-21-20(13-16-5-2-1-3-6-16)31-22(25(21)15-19-7-4-12-30-19)24-23-14-17-8-10-18(11-9-17)26(28)29/h1-14H,15H2/b20-13-,23-14-,24-22+. The summed E-state index contributed by atoms with van der Waals surface area (Å²) in [5.74, 6) is 0.441. The second-order valence-electron chi connectivity index (χ2n) is 6.47. The first-order valence-corrected chi connectivity index (χ1v) is 10.1. The van der Waals surface area contributed by atoms with Gasteiger partial charge in [-0.25, -0.2) is 0 Å². The normalized spacial score (nSPS) is 16.6. The smallest absolute Gasteiger partial charge is 0.269 e. The molecule has 1 aromatic heterocycles. The first-order valence-electron chi connectivity index (χ1n) is 9.24. The molecule has 0 bridgehead atoms. The number of amidine groups is 1. The number of nitrogens with zero attached hydrogens (tertiary/aromatic N) is 4. The summed E-state index contributed by atoms with van der Waals surface area (Å²) in [6.45, 7) is 0.233. The van der Waals surface area contributed by atoms with Crippen molar-refractivity contribution in [2.45, 2.75) is 6.54 Å². The highest BCUT2D eigenvalue weighted by atomic mass is 32.2. The lowest BCUT2D eigenvalue weighted by molar-refractivity contribution is -0.384. The Morgan fingerprint density at radius 3 is 2.48 bits per heavy atom. The lowest BCUT2D eigenvalue weighted by atomic mass is 10.2. The van der Waals surface area contributed by atoms with Gasteiger partial charge in [0.05, 0.1) is 28.9 Å². The molecule has 154 valence electrons. The molecule has 2 heterocycles. The van der Waals surface area contributed by atoms with E-state index in [1.165, 1.54) is 35.0 Å². The number of thioether (sulfide) groups is 1. The van der Waals surface area contributed by atoms with Crippen molar-refractivity contribution in [3.63, 3.8) is 0 Å². The van der Waals surface area contributed by atoms with Gasteiger partial charge in [-0.3, -0.25) is 19.8 Å². The van der Waals surface area contributed by atoms with Crippen LogP contribution in [0, 0.1) is 10.1 Å².